The number of nitrogens with zero attached hydrogens (tertiary/aromatic N) is 2. The molecule has 114 valence electrons. The van der Waals surface area contributed by atoms with Crippen LogP contribution >= 0.6 is 15.9 Å². The van der Waals surface area contributed by atoms with Crippen molar-refractivity contribution in [3.05, 3.63) is 21.0 Å². The van der Waals surface area contributed by atoms with E-state index < -0.39 is 13.0 Å². The van der Waals surface area contributed by atoms with E-state index in [0.717, 1.165) is 0 Å². The van der Waals surface area contributed by atoms with E-state index in [1.54, 1.807) is 0 Å². The molecule has 0 spiro atoms. The number of hydrogen-bond donors (Lipinski definition) is 1. The van der Waals surface area contributed by atoms with E-state index in [1.165, 1.54) is 10.9 Å². The van der Waals surface area contributed by atoms with E-state index in [1.807, 2.05) is 13.8 Å². The lowest BCUT2D eigenvalue weighted by Gasteiger charge is -2.11. The average molecular weight is 354 g/mol. The zero-order valence-electron chi connectivity index (χ0n) is 11.4. The molecule has 1 rings (SSSR count). The fraction of sp³-hybridized carbons (Fsp3) is 0.667. The monoisotopic (exact) mass is 353 g/mol. The average Bonchev–Trinajstić information content (AvgIpc) is 2.36. The predicted molar refractivity (Wildman–Crippen MR) is 76.3 cm³/mol. The zero-order chi connectivity index (χ0) is 15.1. The number of ether oxygens (including phenoxy) is 1. The number of aromatic nitrogens is 2. The molecular weight excluding hydrogens is 336 g/mol. The van der Waals surface area contributed by atoms with Crippen molar-refractivity contribution < 1.29 is 13.5 Å². The molecule has 0 unspecified atom stereocenters. The highest BCUT2D eigenvalue weighted by molar-refractivity contribution is 9.10. The largest absolute Gasteiger partial charge is 0.380 e. The van der Waals surface area contributed by atoms with Crippen molar-refractivity contribution in [1.29, 1.82) is 0 Å². The zero-order valence-corrected chi connectivity index (χ0v) is 13.0. The van der Waals surface area contributed by atoms with Gasteiger partial charge in [-0.15, -0.1) is 0 Å². The molecule has 8 heteroatoms. The van der Waals surface area contributed by atoms with Crippen LogP contribution in [0.3, 0.4) is 0 Å². The van der Waals surface area contributed by atoms with Gasteiger partial charge in [0.2, 0.25) is 0 Å². The molecule has 0 radical (unpaired) electrons. The number of nitrogens with one attached hydrogen (secondary N) is 1. The van der Waals surface area contributed by atoms with Crippen molar-refractivity contribution >= 4 is 21.6 Å². The quantitative estimate of drug-likeness (QED) is 0.729. The van der Waals surface area contributed by atoms with Gasteiger partial charge in [0.25, 0.3) is 12.0 Å². The summed E-state index contributed by atoms with van der Waals surface area (Å²) in [5, 5.41) is 6.97. The third kappa shape index (κ3) is 5.54. The van der Waals surface area contributed by atoms with E-state index in [2.05, 4.69) is 26.3 Å². The Morgan fingerprint density at radius 2 is 2.20 bits per heavy atom. The molecule has 1 aromatic rings. The molecule has 0 atom stereocenters. The van der Waals surface area contributed by atoms with Gasteiger partial charge in [0.15, 0.2) is 0 Å². The molecule has 0 saturated carbocycles. The van der Waals surface area contributed by atoms with Gasteiger partial charge in [-0.1, -0.05) is 13.8 Å². The van der Waals surface area contributed by atoms with E-state index >= 15 is 0 Å². The Labute approximate surface area is 124 Å². The molecule has 1 aromatic heterocycles. The summed E-state index contributed by atoms with van der Waals surface area (Å²) in [6.45, 7) is 4.39. The SMILES string of the molecule is CC(C)Cn1ncc(NCCOCC(F)F)c(Br)c1=O. The van der Waals surface area contributed by atoms with Crippen molar-refractivity contribution in [2.24, 2.45) is 5.92 Å². The van der Waals surface area contributed by atoms with Gasteiger partial charge in [-0.25, -0.2) is 13.5 Å². The molecule has 0 aliphatic carbocycles. The Bertz CT molecular complexity index is 480. The second-order valence-electron chi connectivity index (χ2n) is 4.65. The summed E-state index contributed by atoms with van der Waals surface area (Å²) < 4.78 is 30.2. The molecule has 0 fully saturated rings. The van der Waals surface area contributed by atoms with Crippen LogP contribution in [0.4, 0.5) is 14.5 Å². The van der Waals surface area contributed by atoms with Crippen molar-refractivity contribution in [3.8, 4) is 0 Å². The highest BCUT2D eigenvalue weighted by Gasteiger charge is 2.09. The van der Waals surface area contributed by atoms with E-state index in [0.29, 0.717) is 29.2 Å². The lowest BCUT2D eigenvalue weighted by molar-refractivity contribution is 0.0215. The fourth-order valence-corrected chi connectivity index (χ4v) is 1.94. The van der Waals surface area contributed by atoms with Crippen LogP contribution in [0.1, 0.15) is 13.8 Å². The van der Waals surface area contributed by atoms with Gasteiger partial charge < -0.3 is 10.1 Å². The molecule has 0 bridgehead atoms. The Kier molecular flexibility index (Phi) is 7.08. The summed E-state index contributed by atoms with van der Waals surface area (Å²) in [6, 6.07) is 0. The highest BCUT2D eigenvalue weighted by atomic mass is 79.9. The van der Waals surface area contributed by atoms with Crippen LogP contribution in [0.25, 0.3) is 0 Å². The number of hydrogen-bond acceptors (Lipinski definition) is 4. The summed E-state index contributed by atoms with van der Waals surface area (Å²) in [5.74, 6) is 0.314. The molecule has 1 N–H and O–H groups in total. The minimum Gasteiger partial charge on any atom is -0.380 e. The minimum atomic E-state index is -2.47. The standard InChI is InChI=1S/C12H18BrF2N3O2/c1-8(2)6-18-12(19)11(13)9(5-17-18)16-3-4-20-7-10(14)15/h5,8,10,16H,3-4,6-7H2,1-2H3. The van der Waals surface area contributed by atoms with Gasteiger partial charge in [0.05, 0.1) is 18.5 Å². The summed E-state index contributed by atoms with van der Waals surface area (Å²) in [5.41, 5.74) is 0.299. The Morgan fingerprint density at radius 1 is 1.50 bits per heavy atom. The molecule has 20 heavy (non-hydrogen) atoms. The maximum atomic E-state index is 12.0. The highest BCUT2D eigenvalue weighted by Crippen LogP contribution is 2.15. The first kappa shape index (κ1) is 17.0. The summed E-state index contributed by atoms with van der Waals surface area (Å²) >= 11 is 3.22. The molecule has 0 aliphatic rings. The second-order valence-corrected chi connectivity index (χ2v) is 5.44. The van der Waals surface area contributed by atoms with Gasteiger partial charge in [-0.3, -0.25) is 4.79 Å². The Morgan fingerprint density at radius 3 is 2.80 bits per heavy atom. The second kappa shape index (κ2) is 8.31. The normalized spacial score (nSPS) is 11.3. The molecule has 5 nitrogen and oxygen atoms in total. The topological polar surface area (TPSA) is 56.1 Å². The lowest BCUT2D eigenvalue weighted by Crippen LogP contribution is -2.26. The van der Waals surface area contributed by atoms with Crippen LogP contribution in [0.2, 0.25) is 0 Å². The van der Waals surface area contributed by atoms with E-state index in [4.69, 9.17) is 4.74 Å². The van der Waals surface area contributed by atoms with Crippen LogP contribution < -0.4 is 10.9 Å². The third-order valence-corrected chi connectivity index (χ3v) is 3.10. The predicted octanol–water partition coefficient (Wildman–Crippen LogP) is 2.36. The molecule has 1 heterocycles. The Balaban J connectivity index is 2.55. The van der Waals surface area contributed by atoms with Gasteiger partial charge in [0.1, 0.15) is 11.1 Å². The number of rotatable bonds is 8. The molecule has 0 aromatic carbocycles. The summed E-state index contributed by atoms with van der Waals surface area (Å²) in [4.78, 5) is 12.0. The van der Waals surface area contributed by atoms with Gasteiger partial charge in [0, 0.05) is 13.1 Å². The van der Waals surface area contributed by atoms with Crippen molar-refractivity contribution in [3.63, 3.8) is 0 Å². The van der Waals surface area contributed by atoms with Gasteiger partial charge in [-0.05, 0) is 21.8 Å². The molecule has 0 aliphatic heterocycles. The minimum absolute atomic E-state index is 0.131. The van der Waals surface area contributed by atoms with Crippen molar-refractivity contribution in [2.75, 3.05) is 25.1 Å². The van der Waals surface area contributed by atoms with Crippen LogP contribution in [0.5, 0.6) is 0 Å². The van der Waals surface area contributed by atoms with Crippen LogP contribution in [0, 0.1) is 5.92 Å². The van der Waals surface area contributed by atoms with Crippen LogP contribution in [-0.4, -0.2) is 36.0 Å². The van der Waals surface area contributed by atoms with Crippen molar-refractivity contribution in [2.45, 2.75) is 26.8 Å². The number of anilines is 1. The summed E-state index contributed by atoms with van der Waals surface area (Å²) in [6.07, 6.45) is -0.940. The van der Waals surface area contributed by atoms with Crippen LogP contribution in [0.15, 0.2) is 15.5 Å². The van der Waals surface area contributed by atoms with Gasteiger partial charge in [-0.2, -0.15) is 5.10 Å². The third-order valence-electron chi connectivity index (χ3n) is 2.33. The first-order valence-corrected chi connectivity index (χ1v) is 7.06. The summed E-state index contributed by atoms with van der Waals surface area (Å²) in [7, 11) is 0. The van der Waals surface area contributed by atoms with E-state index in [-0.39, 0.29) is 12.2 Å². The molecule has 0 amide bonds. The first-order chi connectivity index (χ1) is 9.41. The maximum absolute atomic E-state index is 12.0. The smallest absolute Gasteiger partial charge is 0.283 e. The molecular formula is C12H18BrF2N3O2. The van der Waals surface area contributed by atoms with E-state index in [9.17, 15) is 13.6 Å². The number of alkyl halides is 2. The first-order valence-electron chi connectivity index (χ1n) is 6.27. The lowest BCUT2D eigenvalue weighted by atomic mass is 10.2. The Hall–Kier alpha value is -1.02. The fourth-order valence-electron chi connectivity index (χ4n) is 1.49. The van der Waals surface area contributed by atoms with Crippen LogP contribution in [-0.2, 0) is 11.3 Å². The number of halogens is 3. The van der Waals surface area contributed by atoms with Crippen molar-refractivity contribution in [1.82, 2.24) is 9.78 Å². The van der Waals surface area contributed by atoms with Gasteiger partial charge >= 0.3 is 0 Å². The molecule has 0 saturated heterocycles. The maximum Gasteiger partial charge on any atom is 0.283 e.